The third-order valence-electron chi connectivity index (χ3n) is 4.24. The summed E-state index contributed by atoms with van der Waals surface area (Å²) in [5.41, 5.74) is 3.14. The fourth-order valence-electron chi connectivity index (χ4n) is 2.92. The van der Waals surface area contributed by atoms with Crippen LogP contribution in [0.25, 0.3) is 16.7 Å². The molecule has 0 saturated heterocycles. The Bertz CT molecular complexity index is 1100. The van der Waals surface area contributed by atoms with E-state index in [2.05, 4.69) is 5.10 Å². The minimum Gasteiger partial charge on any atom is -0.489 e. The molecule has 130 valence electrons. The Morgan fingerprint density at radius 2 is 1.96 bits per heavy atom. The molecule has 0 bridgehead atoms. The number of fused-ring (bicyclic) bond motifs is 1. The summed E-state index contributed by atoms with van der Waals surface area (Å²) in [4.78, 5) is 11.7. The molecule has 5 nitrogen and oxygen atoms in total. The van der Waals surface area contributed by atoms with Crippen molar-refractivity contribution in [3.8, 4) is 11.4 Å². The van der Waals surface area contributed by atoms with E-state index in [4.69, 9.17) is 9.15 Å². The fourth-order valence-corrected chi connectivity index (χ4v) is 2.92. The van der Waals surface area contributed by atoms with Crippen molar-refractivity contribution < 1.29 is 9.15 Å². The molecular formula is C21H18N2O3. The number of aryl methyl sites for hydroxylation is 1. The molecule has 4 rings (SSSR count). The standard InChI is InChI=1S/C21H18N2O3/c1-2-16-10-21(24)26-20-11-18(8-9-19(16)20)25-14-15-12-22-23(13-15)17-6-4-3-5-7-17/h3-13H,2,14H2,1H3. The number of aromatic nitrogens is 2. The molecule has 2 aromatic heterocycles. The first-order valence-corrected chi connectivity index (χ1v) is 8.51. The molecule has 0 aliphatic carbocycles. The Balaban J connectivity index is 1.53. The van der Waals surface area contributed by atoms with Crippen LogP contribution in [0.5, 0.6) is 5.75 Å². The van der Waals surface area contributed by atoms with Crippen molar-refractivity contribution in [2.75, 3.05) is 0 Å². The lowest BCUT2D eigenvalue weighted by Gasteiger charge is -2.07. The van der Waals surface area contributed by atoms with Gasteiger partial charge in [0.05, 0.1) is 11.9 Å². The number of hydrogen-bond donors (Lipinski definition) is 0. The van der Waals surface area contributed by atoms with E-state index in [1.807, 2.05) is 60.3 Å². The summed E-state index contributed by atoms with van der Waals surface area (Å²) in [6.07, 6.45) is 4.50. The zero-order valence-electron chi connectivity index (χ0n) is 14.4. The molecule has 0 aliphatic rings. The van der Waals surface area contributed by atoms with Gasteiger partial charge in [-0.3, -0.25) is 0 Å². The molecule has 5 heteroatoms. The Hall–Kier alpha value is -3.34. The average molecular weight is 346 g/mol. The smallest absolute Gasteiger partial charge is 0.336 e. The van der Waals surface area contributed by atoms with Crippen LogP contribution in [0.2, 0.25) is 0 Å². The molecule has 26 heavy (non-hydrogen) atoms. The Morgan fingerprint density at radius 3 is 2.77 bits per heavy atom. The van der Waals surface area contributed by atoms with E-state index < -0.39 is 0 Å². The molecule has 2 aromatic carbocycles. The second-order valence-corrected chi connectivity index (χ2v) is 6.02. The molecule has 0 spiro atoms. The normalized spacial score (nSPS) is 11.0. The SMILES string of the molecule is CCc1cc(=O)oc2cc(OCc3cnn(-c4ccccc4)c3)ccc12. The van der Waals surface area contributed by atoms with Crippen LogP contribution in [0.1, 0.15) is 18.1 Å². The molecule has 0 aliphatic heterocycles. The Morgan fingerprint density at radius 1 is 1.12 bits per heavy atom. The fraction of sp³-hybridized carbons (Fsp3) is 0.143. The molecule has 0 radical (unpaired) electrons. The third-order valence-corrected chi connectivity index (χ3v) is 4.24. The largest absolute Gasteiger partial charge is 0.489 e. The lowest BCUT2D eigenvalue weighted by Crippen LogP contribution is -2.00. The van der Waals surface area contributed by atoms with Gasteiger partial charge in [-0.2, -0.15) is 5.10 Å². The van der Waals surface area contributed by atoms with Gasteiger partial charge in [0, 0.05) is 29.3 Å². The van der Waals surface area contributed by atoms with Crippen LogP contribution in [0.15, 0.2) is 76.2 Å². The van der Waals surface area contributed by atoms with Crippen LogP contribution in [0.3, 0.4) is 0 Å². The van der Waals surface area contributed by atoms with Gasteiger partial charge in [-0.15, -0.1) is 0 Å². The van der Waals surface area contributed by atoms with E-state index >= 15 is 0 Å². The van der Waals surface area contributed by atoms with Crippen molar-refractivity contribution in [1.29, 1.82) is 0 Å². The molecule has 0 N–H and O–H groups in total. The Kier molecular flexibility index (Phi) is 4.27. The zero-order chi connectivity index (χ0) is 17.9. The van der Waals surface area contributed by atoms with Crippen LogP contribution < -0.4 is 10.4 Å². The van der Waals surface area contributed by atoms with Crippen molar-refractivity contribution in [3.05, 3.63) is 88.5 Å². The summed E-state index contributed by atoms with van der Waals surface area (Å²) < 4.78 is 13.0. The van der Waals surface area contributed by atoms with Crippen molar-refractivity contribution in [2.45, 2.75) is 20.0 Å². The molecule has 2 heterocycles. The molecular weight excluding hydrogens is 328 g/mol. The minimum atomic E-state index is -0.337. The topological polar surface area (TPSA) is 57.3 Å². The lowest BCUT2D eigenvalue weighted by molar-refractivity contribution is 0.306. The number of rotatable bonds is 5. The van der Waals surface area contributed by atoms with Crippen molar-refractivity contribution in [1.82, 2.24) is 9.78 Å². The number of benzene rings is 2. The minimum absolute atomic E-state index is 0.337. The molecule has 0 saturated carbocycles. The maximum atomic E-state index is 11.7. The highest BCUT2D eigenvalue weighted by Gasteiger charge is 2.07. The van der Waals surface area contributed by atoms with Gasteiger partial charge < -0.3 is 9.15 Å². The number of hydrogen-bond acceptors (Lipinski definition) is 4. The molecule has 0 atom stereocenters. The molecule has 0 unspecified atom stereocenters. The van der Waals surface area contributed by atoms with E-state index in [1.54, 1.807) is 18.3 Å². The predicted molar refractivity (Wildman–Crippen MR) is 99.8 cm³/mol. The van der Waals surface area contributed by atoms with Crippen LogP contribution in [-0.4, -0.2) is 9.78 Å². The molecule has 0 amide bonds. The summed E-state index contributed by atoms with van der Waals surface area (Å²) in [6.45, 7) is 2.40. The first-order chi connectivity index (χ1) is 12.7. The summed E-state index contributed by atoms with van der Waals surface area (Å²) >= 11 is 0. The first-order valence-electron chi connectivity index (χ1n) is 8.51. The summed E-state index contributed by atoms with van der Waals surface area (Å²) in [7, 11) is 0. The number of nitrogens with zero attached hydrogens (tertiary/aromatic N) is 2. The quantitative estimate of drug-likeness (QED) is 0.510. The summed E-state index contributed by atoms with van der Waals surface area (Å²) in [5, 5.41) is 5.30. The molecule has 0 fully saturated rings. The van der Waals surface area contributed by atoms with Crippen molar-refractivity contribution in [2.24, 2.45) is 0 Å². The van der Waals surface area contributed by atoms with Crippen molar-refractivity contribution >= 4 is 11.0 Å². The van der Waals surface area contributed by atoms with E-state index in [-0.39, 0.29) is 5.63 Å². The Labute approximate surface area is 150 Å². The van der Waals surface area contributed by atoms with Gasteiger partial charge in [0.15, 0.2) is 0 Å². The number of ether oxygens (including phenoxy) is 1. The monoisotopic (exact) mass is 346 g/mol. The number of para-hydroxylation sites is 1. The van der Waals surface area contributed by atoms with E-state index in [0.717, 1.165) is 28.6 Å². The second-order valence-electron chi connectivity index (χ2n) is 6.02. The average Bonchev–Trinajstić information content (AvgIpc) is 3.15. The lowest BCUT2D eigenvalue weighted by atomic mass is 10.1. The van der Waals surface area contributed by atoms with E-state index in [1.165, 1.54) is 0 Å². The maximum Gasteiger partial charge on any atom is 0.336 e. The second kappa shape index (κ2) is 6.88. The van der Waals surface area contributed by atoms with E-state index in [9.17, 15) is 4.79 Å². The van der Waals surface area contributed by atoms with Crippen LogP contribution in [0.4, 0.5) is 0 Å². The van der Waals surface area contributed by atoms with Gasteiger partial charge in [-0.1, -0.05) is 25.1 Å². The van der Waals surface area contributed by atoms with Crippen LogP contribution in [-0.2, 0) is 13.0 Å². The van der Waals surface area contributed by atoms with Crippen LogP contribution in [0, 0.1) is 0 Å². The van der Waals surface area contributed by atoms with Crippen LogP contribution >= 0.6 is 0 Å². The highest BCUT2D eigenvalue weighted by molar-refractivity contribution is 5.81. The molecule has 4 aromatic rings. The van der Waals surface area contributed by atoms with Gasteiger partial charge in [0.1, 0.15) is 17.9 Å². The highest BCUT2D eigenvalue weighted by atomic mass is 16.5. The summed E-state index contributed by atoms with van der Waals surface area (Å²) in [6, 6.07) is 17.0. The first kappa shape index (κ1) is 16.1. The van der Waals surface area contributed by atoms with E-state index in [0.29, 0.717) is 17.9 Å². The van der Waals surface area contributed by atoms with Gasteiger partial charge in [0.2, 0.25) is 0 Å². The van der Waals surface area contributed by atoms with Gasteiger partial charge in [-0.05, 0) is 36.2 Å². The van der Waals surface area contributed by atoms with Gasteiger partial charge in [-0.25, -0.2) is 9.48 Å². The highest BCUT2D eigenvalue weighted by Crippen LogP contribution is 2.23. The third kappa shape index (κ3) is 3.24. The van der Waals surface area contributed by atoms with Crippen molar-refractivity contribution in [3.63, 3.8) is 0 Å². The zero-order valence-corrected chi connectivity index (χ0v) is 14.4. The maximum absolute atomic E-state index is 11.7. The van der Waals surface area contributed by atoms with Gasteiger partial charge >= 0.3 is 5.63 Å². The summed E-state index contributed by atoms with van der Waals surface area (Å²) in [5.74, 6) is 0.654. The predicted octanol–water partition coefficient (Wildman–Crippen LogP) is 4.12. The van der Waals surface area contributed by atoms with Gasteiger partial charge in [0.25, 0.3) is 0 Å².